The molecule has 0 bridgehead atoms. The first-order chi connectivity index (χ1) is 8.51. The SMILES string of the molecule is CC1O[C@H](OP(C)P)C(N=[N+]=[N-])[C@@H](C)[C@@H]1N=[N+]=[N-]. The van der Waals surface area contributed by atoms with Crippen LogP contribution in [0.1, 0.15) is 13.8 Å². The number of hydrogen-bond acceptors (Lipinski definition) is 4. The Labute approximate surface area is 109 Å². The third kappa shape index (κ3) is 3.69. The molecule has 1 fully saturated rings. The van der Waals surface area contributed by atoms with Gasteiger partial charge in [0.15, 0.2) is 6.29 Å². The minimum absolute atomic E-state index is 0.134. The van der Waals surface area contributed by atoms with E-state index in [2.05, 4.69) is 29.0 Å². The lowest BCUT2D eigenvalue weighted by Crippen LogP contribution is -2.50. The summed E-state index contributed by atoms with van der Waals surface area (Å²) in [4.78, 5) is 5.63. The Morgan fingerprint density at radius 2 is 1.78 bits per heavy atom. The Hall–Kier alpha value is -0.600. The predicted octanol–water partition coefficient (Wildman–Crippen LogP) is 3.56. The van der Waals surface area contributed by atoms with Crippen molar-refractivity contribution < 1.29 is 9.26 Å². The molecule has 1 rings (SSSR count). The number of hydrogen-bond donors (Lipinski definition) is 0. The molecule has 18 heavy (non-hydrogen) atoms. The molecule has 7 atom stereocenters. The van der Waals surface area contributed by atoms with Crippen molar-refractivity contribution in [2.75, 3.05) is 6.66 Å². The van der Waals surface area contributed by atoms with Crippen molar-refractivity contribution in [3.05, 3.63) is 20.9 Å². The highest BCUT2D eigenvalue weighted by atomic mass is 32.0. The molecule has 0 N–H and O–H groups in total. The van der Waals surface area contributed by atoms with Crippen LogP contribution in [0.5, 0.6) is 0 Å². The Kier molecular flexibility index (Phi) is 6.10. The second kappa shape index (κ2) is 7.10. The van der Waals surface area contributed by atoms with Crippen LogP contribution in [0.2, 0.25) is 0 Å². The maximum Gasteiger partial charge on any atom is 0.170 e. The lowest BCUT2D eigenvalue weighted by atomic mass is 9.88. The minimum atomic E-state index is -0.716. The van der Waals surface area contributed by atoms with Crippen LogP contribution in [0.4, 0.5) is 0 Å². The minimum Gasteiger partial charge on any atom is -0.349 e. The van der Waals surface area contributed by atoms with E-state index in [4.69, 9.17) is 20.3 Å². The van der Waals surface area contributed by atoms with Crippen LogP contribution in [-0.2, 0) is 9.26 Å². The highest BCUT2D eigenvalue weighted by molar-refractivity contribution is 8.10. The van der Waals surface area contributed by atoms with Crippen molar-refractivity contribution in [3.63, 3.8) is 0 Å². The highest BCUT2D eigenvalue weighted by Gasteiger charge is 2.42. The smallest absolute Gasteiger partial charge is 0.170 e. The molecule has 10 heteroatoms. The molecule has 100 valence electrons. The van der Waals surface area contributed by atoms with E-state index in [0.717, 1.165) is 0 Å². The normalized spacial score (nSPS) is 37.2. The van der Waals surface area contributed by atoms with Gasteiger partial charge >= 0.3 is 0 Å². The van der Waals surface area contributed by atoms with Gasteiger partial charge in [0.25, 0.3) is 0 Å². The summed E-state index contributed by atoms with van der Waals surface area (Å²) in [5.74, 6) is -0.134. The summed E-state index contributed by atoms with van der Waals surface area (Å²) in [5, 5.41) is 7.42. The van der Waals surface area contributed by atoms with Crippen molar-refractivity contribution in [1.29, 1.82) is 0 Å². The summed E-state index contributed by atoms with van der Waals surface area (Å²) in [6.07, 6.45) is -0.865. The average molecular weight is 290 g/mol. The summed E-state index contributed by atoms with van der Waals surface area (Å²) in [6, 6.07) is -0.856. The Bertz CT molecular complexity index is 382. The Balaban J connectivity index is 2.95. The zero-order valence-corrected chi connectivity index (χ0v) is 12.5. The van der Waals surface area contributed by atoms with Gasteiger partial charge < -0.3 is 9.26 Å². The molecule has 8 nitrogen and oxygen atoms in total. The van der Waals surface area contributed by atoms with Gasteiger partial charge in [-0.1, -0.05) is 26.1 Å². The van der Waals surface area contributed by atoms with Crippen molar-refractivity contribution in [2.45, 2.75) is 38.3 Å². The molecule has 0 amide bonds. The van der Waals surface area contributed by atoms with Crippen LogP contribution in [-0.4, -0.2) is 31.1 Å². The van der Waals surface area contributed by atoms with Crippen LogP contribution in [0.15, 0.2) is 10.2 Å². The van der Waals surface area contributed by atoms with Gasteiger partial charge in [0.2, 0.25) is 0 Å². The van der Waals surface area contributed by atoms with E-state index in [1.807, 2.05) is 20.5 Å². The van der Waals surface area contributed by atoms with Crippen molar-refractivity contribution in [1.82, 2.24) is 0 Å². The molecule has 0 spiro atoms. The number of rotatable bonds is 4. The van der Waals surface area contributed by atoms with Gasteiger partial charge in [0.1, 0.15) is 0 Å². The standard InChI is InChI=1S/C8H16N6O2P2/c1-4-6(11-13-9)5(2)15-8(16-18(3)17)7(4)12-14-10/h4-8H,17H2,1-3H3/t4-,5?,6-,7?,8+,18?/m0/s1. The lowest BCUT2D eigenvalue weighted by Gasteiger charge is -2.41. The number of ether oxygens (including phenoxy) is 1. The predicted molar refractivity (Wildman–Crippen MR) is 73.0 cm³/mol. The molecule has 0 aromatic carbocycles. The molecule has 0 aliphatic carbocycles. The average Bonchev–Trinajstić information content (AvgIpc) is 2.29. The van der Waals surface area contributed by atoms with Gasteiger partial charge in [-0.25, -0.2) is 0 Å². The van der Waals surface area contributed by atoms with Crippen molar-refractivity contribution in [2.24, 2.45) is 16.1 Å². The first-order valence-electron chi connectivity index (χ1n) is 5.40. The van der Waals surface area contributed by atoms with Gasteiger partial charge in [-0.3, -0.25) is 0 Å². The zero-order valence-electron chi connectivity index (χ0n) is 10.4. The third-order valence-electron chi connectivity index (χ3n) is 2.83. The fraction of sp³-hybridized carbons (Fsp3) is 1.00. The van der Waals surface area contributed by atoms with Gasteiger partial charge in [0, 0.05) is 17.7 Å². The lowest BCUT2D eigenvalue weighted by molar-refractivity contribution is -0.168. The molecule has 0 aromatic rings. The van der Waals surface area contributed by atoms with Crippen LogP contribution in [0.3, 0.4) is 0 Å². The molecular weight excluding hydrogens is 274 g/mol. The van der Waals surface area contributed by atoms with E-state index in [9.17, 15) is 0 Å². The van der Waals surface area contributed by atoms with E-state index in [-0.39, 0.29) is 18.1 Å². The summed E-state index contributed by atoms with van der Waals surface area (Å²) in [7, 11) is 1.84. The van der Waals surface area contributed by atoms with E-state index < -0.39 is 20.2 Å². The van der Waals surface area contributed by atoms with E-state index in [1.54, 1.807) is 0 Å². The summed E-state index contributed by atoms with van der Waals surface area (Å²) in [5.41, 5.74) is 17.2. The Morgan fingerprint density at radius 3 is 2.28 bits per heavy atom. The summed E-state index contributed by atoms with van der Waals surface area (Å²) >= 11 is 0. The molecule has 1 heterocycles. The second-order valence-electron chi connectivity index (χ2n) is 4.11. The maximum atomic E-state index is 8.61. The molecule has 1 aliphatic heterocycles. The second-order valence-corrected chi connectivity index (χ2v) is 7.60. The topological polar surface area (TPSA) is 116 Å². The summed E-state index contributed by atoms with van der Waals surface area (Å²) in [6.45, 7) is 5.60. The highest BCUT2D eigenvalue weighted by Crippen LogP contribution is 2.45. The first kappa shape index (κ1) is 15.5. The number of azide groups is 2. The molecule has 1 aliphatic rings. The van der Waals surface area contributed by atoms with Gasteiger partial charge in [-0.2, -0.15) is 0 Å². The van der Waals surface area contributed by atoms with Crippen LogP contribution < -0.4 is 0 Å². The van der Waals surface area contributed by atoms with Gasteiger partial charge in [-0.15, -0.1) is 0 Å². The Morgan fingerprint density at radius 1 is 1.22 bits per heavy atom. The van der Waals surface area contributed by atoms with Crippen molar-refractivity contribution in [3.8, 4) is 0 Å². The molecule has 0 radical (unpaired) electrons. The van der Waals surface area contributed by atoms with E-state index >= 15 is 0 Å². The summed E-state index contributed by atoms with van der Waals surface area (Å²) < 4.78 is 11.3. The molecular formula is C8H16N6O2P2. The quantitative estimate of drug-likeness (QED) is 0.340. The molecule has 1 saturated heterocycles. The molecule has 0 saturated carbocycles. The fourth-order valence-corrected chi connectivity index (χ4v) is 2.84. The van der Waals surface area contributed by atoms with Gasteiger partial charge in [-0.05, 0) is 30.6 Å². The fourth-order valence-electron chi connectivity index (χ4n) is 1.98. The first-order valence-corrected chi connectivity index (χ1v) is 8.72. The monoisotopic (exact) mass is 290 g/mol. The van der Waals surface area contributed by atoms with E-state index in [0.29, 0.717) is 0 Å². The largest absolute Gasteiger partial charge is 0.349 e. The molecule has 0 aromatic heterocycles. The van der Waals surface area contributed by atoms with E-state index in [1.165, 1.54) is 0 Å². The van der Waals surface area contributed by atoms with Crippen LogP contribution in [0.25, 0.3) is 20.9 Å². The molecule has 4 unspecified atom stereocenters. The van der Waals surface area contributed by atoms with Crippen LogP contribution in [0, 0.1) is 5.92 Å². The number of nitrogens with zero attached hydrogens (tertiary/aromatic N) is 6. The third-order valence-corrected chi connectivity index (χ3v) is 3.73. The van der Waals surface area contributed by atoms with Crippen molar-refractivity contribution >= 4 is 16.8 Å². The van der Waals surface area contributed by atoms with Crippen LogP contribution >= 0.6 is 16.8 Å². The van der Waals surface area contributed by atoms with Gasteiger partial charge in [0.05, 0.1) is 18.2 Å². The maximum absolute atomic E-state index is 8.61. The zero-order chi connectivity index (χ0) is 13.7.